The molecule has 0 amide bonds. The van der Waals surface area contributed by atoms with E-state index in [-0.39, 0.29) is 0 Å². The molecule has 0 aliphatic carbocycles. The molecule has 10 heterocycles. The molecule has 10 fully saturated rings. The highest BCUT2D eigenvalue weighted by Gasteiger charge is 3.59. The van der Waals surface area contributed by atoms with Gasteiger partial charge in [0, 0.05) is 106 Å². The Hall–Kier alpha value is 3.47. The van der Waals surface area contributed by atoms with Gasteiger partial charge in [0.25, 0.3) is 0 Å². The van der Waals surface area contributed by atoms with Crippen LogP contribution in [0.5, 0.6) is 0 Å². The average molecular weight is 1360 g/mol. The molecule has 8 spiro atoms. The standard InChI is InChI=1S/C64H144Si16/c1-49(2,3)65(50(4,5)6)67(53(13,14)15,54(16,17)18)75-73(65)77-69(57(25,26)27,58(28,29)30)71(61(37,38)39,62(40,41)42)79(73,77)80-72(63(43,44)45,64(46,47)48)70(59(31,32)33,60(34,35)36)78(75,80)74(80)66(51(7,8)9,52(10,11)12)68(55(19,20)21,56(22,23)24)76(74,75)77/h1-48H3. The SMILES string of the molecule is CC(C)(C)[Si]1(C(C)(C)C)[Si](C(C)(C)C)(C(C)(C)C)[Si]23[Si]14[Si]15[Si](C(C)(C)C)(C(C)(C)C)[Si](C(C)(C)C)(C(C)(C)C)[Si]41[Si]14[Si](C(C)(C)C)(C(C)(C)C)[Si](C(C)(C)C)(C(C)(C)C)[Si]12[Si]41[Si](C(C)(C)C)(C(C)(C)C)[Si](C(C)(C)C)(C(C)(C)C)[Si]153. The lowest BCUT2D eigenvalue weighted by atomic mass is 10.2. The van der Waals surface area contributed by atoms with Crippen molar-refractivity contribution in [2.75, 3.05) is 0 Å². The van der Waals surface area contributed by atoms with Crippen LogP contribution >= 0.6 is 0 Å². The number of hydrogen-bond acceptors (Lipinski definition) is 0. The molecule has 0 bridgehead atoms. The zero-order chi connectivity index (χ0) is 64.0. The van der Waals surface area contributed by atoms with E-state index in [9.17, 15) is 0 Å². The summed E-state index contributed by atoms with van der Waals surface area (Å²) in [6, 6.07) is 0. The quantitative estimate of drug-likeness (QED) is 0.212. The van der Waals surface area contributed by atoms with Gasteiger partial charge < -0.3 is 0 Å². The first kappa shape index (κ1) is 67.9. The third kappa shape index (κ3) is 4.08. The second-order valence-electron chi connectivity index (χ2n) is 48.0. The Morgan fingerprint density at radius 1 is 0.0875 bits per heavy atom. The molecule has 80 heavy (non-hydrogen) atoms. The van der Waals surface area contributed by atoms with Gasteiger partial charge in [-0.25, -0.2) is 0 Å². The van der Waals surface area contributed by atoms with Crippen molar-refractivity contribution < 1.29 is 0 Å². The molecule has 10 aliphatic heterocycles. The van der Waals surface area contributed by atoms with Crippen molar-refractivity contribution in [2.24, 2.45) is 0 Å². The van der Waals surface area contributed by atoms with E-state index in [1.54, 1.807) is 0 Å². The van der Waals surface area contributed by atoms with E-state index in [1.165, 1.54) is 0 Å². The minimum absolute atomic E-state index is 0.464. The highest BCUT2D eigenvalue weighted by Crippen LogP contribution is 3.27. The summed E-state index contributed by atoms with van der Waals surface area (Å²) in [5.41, 5.74) is 0. The fraction of sp³-hybridized carbons (Fsp3) is 1.00. The van der Waals surface area contributed by atoms with E-state index in [0.29, 0.717) is 80.6 Å². The molecule has 0 unspecified atom stereocenters. The van der Waals surface area contributed by atoms with Crippen LogP contribution in [0.4, 0.5) is 0 Å². The summed E-state index contributed by atoms with van der Waals surface area (Å²) in [4.78, 5) is 0. The van der Waals surface area contributed by atoms with Gasteiger partial charge in [0.1, 0.15) is 0 Å². The predicted molar refractivity (Wildman–Crippen MR) is 408 cm³/mol. The van der Waals surface area contributed by atoms with Crippen LogP contribution in [0, 0.1) is 0 Å². The lowest BCUT2D eigenvalue weighted by molar-refractivity contribution is 0.597. The lowest BCUT2D eigenvalue weighted by Gasteiger charge is -3.14. The molecule has 464 valence electrons. The van der Waals surface area contributed by atoms with E-state index < -0.39 is 106 Å². The summed E-state index contributed by atoms with van der Waals surface area (Å²) < 4.78 is 0. The van der Waals surface area contributed by atoms with Crippen LogP contribution in [0.25, 0.3) is 0 Å². The van der Waals surface area contributed by atoms with Crippen LogP contribution in [-0.2, 0) is 0 Å². The van der Waals surface area contributed by atoms with Gasteiger partial charge in [0.2, 0.25) is 0 Å². The van der Waals surface area contributed by atoms with Gasteiger partial charge in [-0.05, 0) is 80.6 Å². The molecule has 10 saturated heterocycles. The maximum atomic E-state index is 3.24. The molecule has 0 radical (unpaired) electrons. The van der Waals surface area contributed by atoms with E-state index in [4.69, 9.17) is 0 Å². The maximum absolute atomic E-state index is 3.24. The molecule has 0 aromatic heterocycles. The lowest BCUT2D eigenvalue weighted by Crippen LogP contribution is -3.46. The fourth-order valence-electron chi connectivity index (χ4n) is 41.8. The van der Waals surface area contributed by atoms with Gasteiger partial charge in [0.15, 0.2) is 0 Å². The van der Waals surface area contributed by atoms with E-state index in [0.717, 1.165) is 0 Å². The molecule has 0 atom stereocenters. The van der Waals surface area contributed by atoms with Crippen molar-refractivity contribution in [1.82, 2.24) is 0 Å². The molecule has 10 rings (SSSR count). The zero-order valence-electron chi connectivity index (χ0n) is 64.0. The Kier molecular flexibility index (Phi) is 12.2. The van der Waals surface area contributed by atoms with Crippen molar-refractivity contribution in [2.45, 2.75) is 413 Å². The van der Waals surface area contributed by atoms with Gasteiger partial charge in [-0.1, -0.05) is 332 Å². The molecular formula is C64H144Si16. The Labute approximate surface area is 514 Å². The molecule has 0 nitrogen and oxygen atoms in total. The van der Waals surface area contributed by atoms with E-state index in [1.807, 2.05) is 0 Å². The van der Waals surface area contributed by atoms with E-state index in [2.05, 4.69) is 332 Å². The predicted octanol–water partition coefficient (Wildman–Crippen LogP) is 22.0. The fourth-order valence-corrected chi connectivity index (χ4v) is 2970. The van der Waals surface area contributed by atoms with Gasteiger partial charge in [-0.2, -0.15) is 0 Å². The second-order valence-corrected chi connectivity index (χ2v) is 288. The number of rotatable bonds is 0. The average Bonchev–Trinajstić information content (AvgIpc) is 3.65. The molecule has 0 aromatic rings. The highest BCUT2D eigenvalue weighted by atomic mass is 31.5. The van der Waals surface area contributed by atoms with Gasteiger partial charge in [-0.3, -0.25) is 0 Å². The summed E-state index contributed by atoms with van der Waals surface area (Å²) in [6.07, 6.45) is -16.6. The van der Waals surface area contributed by atoms with E-state index >= 15 is 0 Å². The minimum atomic E-state index is -2.35. The largest absolute Gasteiger partial charge is 0.0630 e. The highest BCUT2D eigenvalue weighted by molar-refractivity contribution is 9.24. The molecular weight excluding hydrogens is 1220 g/mol. The van der Waals surface area contributed by atoms with Gasteiger partial charge >= 0.3 is 0 Å². The van der Waals surface area contributed by atoms with Crippen LogP contribution in [0.3, 0.4) is 0 Å². The first-order chi connectivity index (χ1) is 34.0. The molecule has 0 N–H and O–H groups in total. The van der Waals surface area contributed by atoms with Crippen LogP contribution in [0.2, 0.25) is 80.6 Å². The van der Waals surface area contributed by atoms with Gasteiger partial charge in [0.05, 0.1) is 0 Å². The summed E-state index contributed by atoms with van der Waals surface area (Å²) in [7, 11) is -18.6. The summed E-state index contributed by atoms with van der Waals surface area (Å²) in [5.74, 6) is 0. The van der Waals surface area contributed by atoms with Crippen molar-refractivity contribution >= 4 is 106 Å². The second kappa shape index (κ2) is 14.3. The normalized spacial score (nSPS) is 40.2. The van der Waals surface area contributed by atoms with Crippen molar-refractivity contribution in [3.63, 3.8) is 0 Å². The first-order valence-corrected chi connectivity index (χ1v) is 90.0. The Morgan fingerprint density at radius 2 is 0.125 bits per heavy atom. The van der Waals surface area contributed by atoms with Crippen LogP contribution in [0.1, 0.15) is 332 Å². The van der Waals surface area contributed by atoms with Crippen LogP contribution in [0.15, 0.2) is 0 Å². The topological polar surface area (TPSA) is 0 Å². The van der Waals surface area contributed by atoms with Crippen molar-refractivity contribution in [3.05, 3.63) is 0 Å². The Balaban J connectivity index is 1.98. The summed E-state index contributed by atoms with van der Waals surface area (Å²) >= 11 is 0. The van der Waals surface area contributed by atoms with Crippen molar-refractivity contribution in [3.8, 4) is 0 Å². The number of hydrogen-bond donors (Lipinski definition) is 0. The third-order valence-electron chi connectivity index (χ3n) is 31.4. The molecule has 16 heteroatoms. The van der Waals surface area contributed by atoms with Crippen LogP contribution in [-0.4, -0.2) is 106 Å². The smallest absolute Gasteiger partial charge is 0.0425 e. The minimum Gasteiger partial charge on any atom is -0.0630 e. The van der Waals surface area contributed by atoms with Gasteiger partial charge in [-0.15, -0.1) is 0 Å². The molecule has 0 saturated carbocycles. The monoisotopic (exact) mass is 1360 g/mol. The Morgan fingerprint density at radius 3 is 0.150 bits per heavy atom. The zero-order valence-corrected chi connectivity index (χ0v) is 80.0. The molecule has 10 aliphatic rings. The first-order valence-electron chi connectivity index (χ1n) is 34.0. The van der Waals surface area contributed by atoms with Crippen molar-refractivity contribution in [1.29, 1.82) is 0 Å². The summed E-state index contributed by atoms with van der Waals surface area (Å²) in [6.45, 7) is 155. The Bertz CT molecular complexity index is 2270. The summed E-state index contributed by atoms with van der Waals surface area (Å²) in [5, 5.41) is 7.45. The maximum Gasteiger partial charge on any atom is 0.0425 e. The third-order valence-corrected chi connectivity index (χ3v) is 908. The molecule has 0 aromatic carbocycles. The van der Waals surface area contributed by atoms with Crippen LogP contribution < -0.4 is 0 Å².